The van der Waals surface area contributed by atoms with E-state index in [1.165, 1.54) is 19.3 Å². The van der Waals surface area contributed by atoms with E-state index < -0.39 is 16.6 Å². The first kappa shape index (κ1) is 30.8. The first-order valence-corrected chi connectivity index (χ1v) is 20.1. The number of hydrogen-bond donors (Lipinski definition) is 0. The van der Waals surface area contributed by atoms with Crippen LogP contribution in [0.5, 0.6) is 0 Å². The molecule has 7 heteroatoms. The van der Waals surface area contributed by atoms with E-state index in [0.29, 0.717) is 18.3 Å². The second kappa shape index (κ2) is 15.7. The lowest BCUT2D eigenvalue weighted by Gasteiger charge is -2.25. The number of carbonyl (C=O) groups excluding carboxylic acids is 1. The van der Waals surface area contributed by atoms with Crippen LogP contribution in [0.15, 0.2) is 29.5 Å². The highest BCUT2D eigenvalue weighted by atomic mass is 28.4. The van der Waals surface area contributed by atoms with Crippen LogP contribution in [-0.2, 0) is 18.5 Å². The van der Waals surface area contributed by atoms with E-state index in [4.69, 9.17) is 13.7 Å². The van der Waals surface area contributed by atoms with Gasteiger partial charge in [0.05, 0.1) is 11.8 Å². The summed E-state index contributed by atoms with van der Waals surface area (Å²) in [5.74, 6) is 0.642. The lowest BCUT2D eigenvalue weighted by molar-refractivity contribution is -0.135. The van der Waals surface area contributed by atoms with Crippen molar-refractivity contribution in [1.82, 2.24) is 0 Å². The molecule has 0 unspecified atom stereocenters. The van der Waals surface area contributed by atoms with E-state index in [9.17, 15) is 4.79 Å². The summed E-state index contributed by atoms with van der Waals surface area (Å²) in [6.45, 7) is 15.2. The molecule has 1 aliphatic carbocycles. The van der Waals surface area contributed by atoms with Crippen molar-refractivity contribution in [1.29, 1.82) is 0 Å². The minimum Gasteiger partial charge on any atom is -0.520 e. The fraction of sp³-hybridized carbons (Fsp3) is 0.778. The molecule has 0 saturated carbocycles. The molecule has 0 spiro atoms. The molecule has 1 rings (SSSR count). The molecule has 0 N–H and O–H groups in total. The summed E-state index contributed by atoms with van der Waals surface area (Å²) in [4.78, 5) is 17.0. The topological polar surface area (TPSA) is 57.1 Å². The molecule has 0 aromatic rings. The van der Waals surface area contributed by atoms with Gasteiger partial charge in [-0.15, -0.1) is 0 Å². The molecule has 0 amide bonds. The summed E-state index contributed by atoms with van der Waals surface area (Å²) in [5, 5.41) is 4.29. The van der Waals surface area contributed by atoms with E-state index >= 15 is 0 Å². The van der Waals surface area contributed by atoms with Gasteiger partial charge >= 0.3 is 0 Å². The van der Waals surface area contributed by atoms with Gasteiger partial charge in [-0.2, -0.15) is 0 Å². The van der Waals surface area contributed by atoms with Gasteiger partial charge in [0, 0.05) is 18.3 Å². The lowest BCUT2D eigenvalue weighted by atomic mass is 9.88. The maximum absolute atomic E-state index is 11.9. The van der Waals surface area contributed by atoms with Gasteiger partial charge in [0.1, 0.15) is 7.11 Å². The fourth-order valence-corrected chi connectivity index (χ4v) is 6.17. The summed E-state index contributed by atoms with van der Waals surface area (Å²) in [6, 6.07) is 0. The number of carbonyl (C=O) groups is 1. The summed E-state index contributed by atoms with van der Waals surface area (Å²) in [7, 11) is -1.75. The summed E-state index contributed by atoms with van der Waals surface area (Å²) < 4.78 is 12.0. The Hall–Kier alpha value is -1.19. The van der Waals surface area contributed by atoms with E-state index in [1.807, 2.05) is 0 Å². The Bertz CT molecular complexity index is 677. The SMILES string of the molecule is CCCCC[C@@H](/C=C/[C@H]1C=C/C(=N\OC)[C@@H]1CCCCCCC(=O)O[Si](C)(C)C)O[Si](C)(C)C. The van der Waals surface area contributed by atoms with Crippen LogP contribution >= 0.6 is 0 Å². The Morgan fingerprint density at radius 1 is 1.03 bits per heavy atom. The molecule has 0 aromatic carbocycles. The van der Waals surface area contributed by atoms with Crippen LogP contribution < -0.4 is 0 Å². The molecule has 0 aliphatic heterocycles. The Balaban J connectivity index is 2.60. The Morgan fingerprint density at radius 3 is 2.35 bits per heavy atom. The van der Waals surface area contributed by atoms with Crippen LogP contribution in [0.4, 0.5) is 0 Å². The largest absolute Gasteiger partial charge is 0.520 e. The van der Waals surface area contributed by atoms with Crippen molar-refractivity contribution in [3.05, 3.63) is 24.3 Å². The lowest BCUT2D eigenvalue weighted by Crippen LogP contribution is -2.31. The molecule has 34 heavy (non-hydrogen) atoms. The summed E-state index contributed by atoms with van der Waals surface area (Å²) >= 11 is 0. The van der Waals surface area contributed by atoms with Gasteiger partial charge in [-0.3, -0.25) is 4.79 Å². The number of nitrogens with zero attached hydrogens (tertiary/aromatic N) is 1. The van der Waals surface area contributed by atoms with Gasteiger partial charge in [0.25, 0.3) is 5.97 Å². The van der Waals surface area contributed by atoms with Crippen molar-refractivity contribution in [3.8, 4) is 0 Å². The predicted octanol–water partition coefficient (Wildman–Crippen LogP) is 7.87. The highest BCUT2D eigenvalue weighted by Gasteiger charge is 2.28. The van der Waals surface area contributed by atoms with Crippen LogP contribution in [0.25, 0.3) is 0 Å². The van der Waals surface area contributed by atoms with Gasteiger partial charge < -0.3 is 13.7 Å². The molecular formula is C27H51NO4Si2. The van der Waals surface area contributed by atoms with Crippen LogP contribution in [0, 0.1) is 11.8 Å². The van der Waals surface area contributed by atoms with Crippen molar-refractivity contribution in [2.24, 2.45) is 17.0 Å². The van der Waals surface area contributed by atoms with Crippen molar-refractivity contribution in [2.45, 2.75) is 117 Å². The molecule has 3 atom stereocenters. The van der Waals surface area contributed by atoms with Gasteiger partial charge in [0.2, 0.25) is 8.32 Å². The summed E-state index contributed by atoms with van der Waals surface area (Å²) in [6.07, 6.45) is 19.8. The van der Waals surface area contributed by atoms with Crippen molar-refractivity contribution in [3.63, 3.8) is 0 Å². The molecule has 0 saturated heterocycles. The molecule has 0 heterocycles. The molecule has 196 valence electrons. The Kier molecular flexibility index (Phi) is 14.3. The monoisotopic (exact) mass is 509 g/mol. The van der Waals surface area contributed by atoms with E-state index in [-0.39, 0.29) is 12.1 Å². The fourth-order valence-electron chi connectivity index (χ4n) is 4.28. The third-order valence-electron chi connectivity index (χ3n) is 5.74. The van der Waals surface area contributed by atoms with Crippen LogP contribution in [0.2, 0.25) is 39.3 Å². The second-order valence-electron chi connectivity index (χ2n) is 11.4. The van der Waals surface area contributed by atoms with E-state index in [2.05, 4.69) is 75.7 Å². The molecule has 5 nitrogen and oxygen atoms in total. The number of allylic oxidation sites excluding steroid dienone is 3. The number of rotatable bonds is 17. The van der Waals surface area contributed by atoms with Crippen molar-refractivity contribution >= 4 is 28.3 Å². The normalized spacial score (nSPS) is 20.9. The van der Waals surface area contributed by atoms with Gasteiger partial charge in [-0.1, -0.05) is 68.8 Å². The van der Waals surface area contributed by atoms with Gasteiger partial charge in [0.15, 0.2) is 8.32 Å². The first-order valence-electron chi connectivity index (χ1n) is 13.3. The molecule has 1 aliphatic rings. The number of oxime groups is 1. The zero-order valence-electron chi connectivity index (χ0n) is 23.2. The molecule has 0 radical (unpaired) electrons. The van der Waals surface area contributed by atoms with E-state index in [1.54, 1.807) is 7.11 Å². The summed E-state index contributed by atoms with van der Waals surface area (Å²) in [5.41, 5.74) is 1.03. The quantitative estimate of drug-likeness (QED) is 0.0866. The molecule has 0 bridgehead atoms. The first-order chi connectivity index (χ1) is 15.9. The molecular weight excluding hydrogens is 458 g/mol. The second-order valence-corrected chi connectivity index (χ2v) is 20.3. The Labute approximate surface area is 211 Å². The molecule has 0 fully saturated rings. The smallest absolute Gasteiger partial charge is 0.292 e. The van der Waals surface area contributed by atoms with Crippen LogP contribution in [0.1, 0.15) is 71.1 Å². The number of hydrogen-bond acceptors (Lipinski definition) is 5. The third-order valence-corrected chi connectivity index (χ3v) is 7.59. The predicted molar refractivity (Wildman–Crippen MR) is 149 cm³/mol. The Morgan fingerprint density at radius 2 is 1.74 bits per heavy atom. The maximum atomic E-state index is 11.9. The standard InChI is InChI=1S/C27H51NO4Si2/c1-9-10-13-16-24(31-33(3,4)5)21-19-23-20-22-26(28-30-2)25(23)17-14-11-12-15-18-27(29)32-34(6,7)8/h19-25H,9-18H2,1-8H3/b21-19+,28-26+/t23-,24-,25+/m0/s1. The third kappa shape index (κ3) is 14.3. The van der Waals surface area contributed by atoms with Gasteiger partial charge in [-0.05, 0) is 64.6 Å². The average molecular weight is 510 g/mol. The minimum atomic E-state index is -1.77. The zero-order valence-corrected chi connectivity index (χ0v) is 25.2. The highest BCUT2D eigenvalue weighted by Crippen LogP contribution is 2.30. The maximum Gasteiger partial charge on any atom is 0.292 e. The van der Waals surface area contributed by atoms with Gasteiger partial charge in [-0.25, -0.2) is 0 Å². The number of unbranched alkanes of at least 4 members (excludes halogenated alkanes) is 5. The van der Waals surface area contributed by atoms with E-state index in [0.717, 1.165) is 44.2 Å². The zero-order chi connectivity index (χ0) is 25.6. The average Bonchev–Trinajstić information content (AvgIpc) is 3.08. The van der Waals surface area contributed by atoms with Crippen molar-refractivity contribution in [2.75, 3.05) is 7.11 Å². The molecule has 0 aromatic heterocycles. The van der Waals surface area contributed by atoms with Crippen LogP contribution in [-0.4, -0.2) is 41.5 Å². The minimum absolute atomic E-state index is 0.0343. The highest BCUT2D eigenvalue weighted by molar-refractivity contribution is 6.71. The van der Waals surface area contributed by atoms with Crippen molar-refractivity contribution < 1.29 is 18.5 Å². The van der Waals surface area contributed by atoms with Crippen LogP contribution in [0.3, 0.4) is 0 Å².